The van der Waals surface area contributed by atoms with Crippen LogP contribution in [0.25, 0.3) is 0 Å². The highest BCUT2D eigenvalue weighted by Crippen LogP contribution is 2.33. The van der Waals surface area contributed by atoms with E-state index in [0.29, 0.717) is 11.5 Å². The topological polar surface area (TPSA) is 129 Å². The first-order chi connectivity index (χ1) is 17.7. The normalized spacial score (nSPS) is 11.8. The molecule has 0 spiro atoms. The van der Waals surface area contributed by atoms with Gasteiger partial charge in [-0.25, -0.2) is 17.9 Å². The molecule has 0 saturated heterocycles. The Bertz CT molecular complexity index is 1340. The van der Waals surface area contributed by atoms with Gasteiger partial charge in [-0.05, 0) is 36.8 Å². The van der Waals surface area contributed by atoms with Crippen molar-refractivity contribution in [3.8, 4) is 17.2 Å². The van der Waals surface area contributed by atoms with Crippen molar-refractivity contribution in [1.82, 2.24) is 4.72 Å². The number of hydrogen-bond donors (Lipinski definition) is 2. The summed E-state index contributed by atoms with van der Waals surface area (Å²) in [4.78, 5) is 24.7. The van der Waals surface area contributed by atoms with Gasteiger partial charge < -0.3 is 24.3 Å². The van der Waals surface area contributed by atoms with E-state index < -0.39 is 34.5 Å². The zero-order valence-electron chi connectivity index (χ0n) is 20.8. The summed E-state index contributed by atoms with van der Waals surface area (Å²) in [5, 5.41) is 2.59. The van der Waals surface area contributed by atoms with Gasteiger partial charge in [0, 0.05) is 18.2 Å². The minimum absolute atomic E-state index is 0.0557. The van der Waals surface area contributed by atoms with E-state index in [2.05, 4.69) is 10.0 Å². The van der Waals surface area contributed by atoms with Crippen molar-refractivity contribution in [3.63, 3.8) is 0 Å². The number of amides is 1. The quantitative estimate of drug-likeness (QED) is 0.362. The summed E-state index contributed by atoms with van der Waals surface area (Å²) in [5.74, 6) is -0.361. The summed E-state index contributed by atoms with van der Waals surface area (Å²) in [7, 11) is 0.284. The Morgan fingerprint density at radius 3 is 2.11 bits per heavy atom. The molecule has 0 radical (unpaired) electrons. The fourth-order valence-corrected chi connectivity index (χ4v) is 4.65. The summed E-state index contributed by atoms with van der Waals surface area (Å²) in [6.07, 6.45) is 0. The van der Waals surface area contributed by atoms with E-state index in [4.69, 9.17) is 18.9 Å². The molecule has 0 aliphatic rings. The highest BCUT2D eigenvalue weighted by Gasteiger charge is 2.20. The molecule has 0 heterocycles. The highest BCUT2D eigenvalue weighted by molar-refractivity contribution is 7.89. The number of benzene rings is 3. The van der Waals surface area contributed by atoms with Gasteiger partial charge in [-0.3, -0.25) is 4.79 Å². The van der Waals surface area contributed by atoms with Gasteiger partial charge in [-0.2, -0.15) is 0 Å². The number of hydrogen-bond acceptors (Lipinski definition) is 8. The molecule has 0 saturated carbocycles. The lowest BCUT2D eigenvalue weighted by Gasteiger charge is -2.15. The Labute approximate surface area is 215 Å². The van der Waals surface area contributed by atoms with Crippen LogP contribution < -0.4 is 24.2 Å². The van der Waals surface area contributed by atoms with E-state index in [1.807, 2.05) is 30.3 Å². The first-order valence-corrected chi connectivity index (χ1v) is 12.6. The number of carbonyl (C=O) groups is 2. The van der Waals surface area contributed by atoms with Crippen LogP contribution in [0.2, 0.25) is 0 Å². The van der Waals surface area contributed by atoms with Gasteiger partial charge in [0.05, 0.1) is 37.5 Å². The molecule has 1 amide bonds. The number of rotatable bonds is 11. The predicted molar refractivity (Wildman–Crippen MR) is 137 cm³/mol. The zero-order chi connectivity index (χ0) is 27.0. The van der Waals surface area contributed by atoms with Crippen LogP contribution in [-0.2, 0) is 19.6 Å². The van der Waals surface area contributed by atoms with Crippen LogP contribution >= 0.6 is 0 Å². The minimum Gasteiger partial charge on any atom is -0.493 e. The SMILES string of the molecule is COC(=O)c1cc(OC)c(OC)cc1NC(=O)COc1ccc(S(=O)(=O)N[C@H](C)c2ccccc2)cc1. The Hall–Kier alpha value is -4.09. The molecule has 10 nitrogen and oxygen atoms in total. The Morgan fingerprint density at radius 2 is 1.51 bits per heavy atom. The van der Waals surface area contributed by atoms with Gasteiger partial charge in [0.25, 0.3) is 5.91 Å². The molecular weight excluding hydrogens is 500 g/mol. The second-order valence-electron chi connectivity index (χ2n) is 7.81. The number of nitrogens with one attached hydrogen (secondary N) is 2. The Kier molecular flexibility index (Phi) is 9.10. The average molecular weight is 529 g/mol. The average Bonchev–Trinajstić information content (AvgIpc) is 2.91. The van der Waals surface area contributed by atoms with Crippen molar-refractivity contribution < 1.29 is 37.0 Å². The van der Waals surface area contributed by atoms with Crippen LogP contribution in [0.3, 0.4) is 0 Å². The van der Waals surface area contributed by atoms with E-state index in [-0.39, 0.29) is 21.9 Å². The van der Waals surface area contributed by atoms with Gasteiger partial charge in [-0.15, -0.1) is 0 Å². The summed E-state index contributed by atoms with van der Waals surface area (Å²) in [5.41, 5.74) is 1.06. The monoisotopic (exact) mass is 528 g/mol. The highest BCUT2D eigenvalue weighted by atomic mass is 32.2. The summed E-state index contributed by atoms with van der Waals surface area (Å²) in [6.45, 7) is 1.36. The largest absolute Gasteiger partial charge is 0.493 e. The number of sulfonamides is 1. The standard InChI is InChI=1S/C26H28N2O8S/c1-17(18-8-6-5-7-9-18)28-37(31,32)20-12-10-19(11-13-20)36-16-25(29)27-22-15-24(34-3)23(33-2)14-21(22)26(30)35-4/h5-15,17,28H,16H2,1-4H3,(H,27,29)/t17-/m1/s1. The van der Waals surface area contributed by atoms with E-state index in [1.165, 1.54) is 57.7 Å². The number of methoxy groups -OCH3 is 3. The maximum Gasteiger partial charge on any atom is 0.340 e. The maximum atomic E-state index is 12.7. The molecule has 37 heavy (non-hydrogen) atoms. The van der Waals surface area contributed by atoms with Crippen molar-refractivity contribution in [2.45, 2.75) is 17.9 Å². The molecule has 196 valence electrons. The molecule has 3 aromatic rings. The minimum atomic E-state index is -3.78. The molecule has 3 rings (SSSR count). The molecule has 0 aliphatic carbocycles. The fourth-order valence-electron chi connectivity index (χ4n) is 3.42. The van der Waals surface area contributed by atoms with Crippen LogP contribution in [-0.4, -0.2) is 48.2 Å². The predicted octanol–water partition coefficient (Wildman–Crippen LogP) is 3.55. The third-order valence-corrected chi connectivity index (χ3v) is 6.90. The van der Waals surface area contributed by atoms with Gasteiger partial charge in [0.1, 0.15) is 5.75 Å². The van der Waals surface area contributed by atoms with Crippen molar-refractivity contribution in [2.24, 2.45) is 0 Å². The smallest absolute Gasteiger partial charge is 0.340 e. The van der Waals surface area contributed by atoms with Gasteiger partial charge >= 0.3 is 5.97 Å². The molecule has 0 fully saturated rings. The summed E-state index contributed by atoms with van der Waals surface area (Å²) in [6, 6.07) is 17.3. The van der Waals surface area contributed by atoms with Gasteiger partial charge in [-0.1, -0.05) is 30.3 Å². The Balaban J connectivity index is 1.65. The third kappa shape index (κ3) is 6.99. The van der Waals surface area contributed by atoms with Crippen molar-refractivity contribution in [2.75, 3.05) is 33.3 Å². The maximum absolute atomic E-state index is 12.7. The van der Waals surface area contributed by atoms with Crippen LogP contribution in [0.4, 0.5) is 5.69 Å². The van der Waals surface area contributed by atoms with E-state index in [0.717, 1.165) is 5.56 Å². The van der Waals surface area contributed by atoms with Gasteiger partial charge in [0.15, 0.2) is 18.1 Å². The molecule has 2 N–H and O–H groups in total. The number of carbonyl (C=O) groups excluding carboxylic acids is 2. The lowest BCUT2D eigenvalue weighted by molar-refractivity contribution is -0.118. The first-order valence-electron chi connectivity index (χ1n) is 11.1. The van der Waals surface area contributed by atoms with E-state index in [9.17, 15) is 18.0 Å². The third-order valence-electron chi connectivity index (χ3n) is 5.34. The van der Waals surface area contributed by atoms with Crippen molar-refractivity contribution in [3.05, 3.63) is 77.9 Å². The lowest BCUT2D eigenvalue weighted by atomic mass is 10.1. The summed E-state index contributed by atoms with van der Waals surface area (Å²) < 4.78 is 48.8. The molecule has 0 unspecified atom stereocenters. The lowest BCUT2D eigenvalue weighted by Crippen LogP contribution is -2.26. The fraction of sp³-hybridized carbons (Fsp3) is 0.231. The molecule has 0 bridgehead atoms. The number of anilines is 1. The van der Waals surface area contributed by atoms with Crippen LogP contribution in [0.15, 0.2) is 71.6 Å². The summed E-state index contributed by atoms with van der Waals surface area (Å²) >= 11 is 0. The second-order valence-corrected chi connectivity index (χ2v) is 9.52. The molecule has 0 aromatic heterocycles. The van der Waals surface area contributed by atoms with E-state index >= 15 is 0 Å². The molecule has 0 aliphatic heterocycles. The molecule has 3 aromatic carbocycles. The number of ether oxygens (including phenoxy) is 4. The van der Waals surface area contributed by atoms with Crippen LogP contribution in [0.1, 0.15) is 28.9 Å². The molecular formula is C26H28N2O8S. The van der Waals surface area contributed by atoms with Crippen LogP contribution in [0, 0.1) is 0 Å². The first kappa shape index (κ1) is 27.5. The number of esters is 1. The van der Waals surface area contributed by atoms with Crippen molar-refractivity contribution in [1.29, 1.82) is 0 Å². The van der Waals surface area contributed by atoms with E-state index in [1.54, 1.807) is 6.92 Å². The molecule has 1 atom stereocenters. The van der Waals surface area contributed by atoms with Crippen molar-refractivity contribution >= 4 is 27.6 Å². The molecule has 11 heteroatoms. The second kappa shape index (κ2) is 12.2. The zero-order valence-corrected chi connectivity index (χ0v) is 21.6. The van der Waals surface area contributed by atoms with Crippen LogP contribution in [0.5, 0.6) is 17.2 Å². The van der Waals surface area contributed by atoms with Gasteiger partial charge in [0.2, 0.25) is 10.0 Å². The Morgan fingerprint density at radius 1 is 0.892 bits per heavy atom.